The summed E-state index contributed by atoms with van der Waals surface area (Å²) < 4.78 is 15.6. The molecule has 0 saturated heterocycles. The van der Waals surface area contributed by atoms with Crippen LogP contribution in [0.3, 0.4) is 0 Å². The van der Waals surface area contributed by atoms with E-state index in [1.807, 2.05) is 55.5 Å². The first-order chi connectivity index (χ1) is 15.6. The van der Waals surface area contributed by atoms with Crippen molar-refractivity contribution in [3.05, 3.63) is 113 Å². The molecule has 0 unspecified atom stereocenters. The average Bonchev–Trinajstić information content (AvgIpc) is 2.80. The molecular formula is C31H29F. The Kier molecular flexibility index (Phi) is 8.48. The van der Waals surface area contributed by atoms with Crippen LogP contribution in [0.2, 0.25) is 0 Å². The predicted octanol–water partition coefficient (Wildman–Crippen LogP) is 7.92. The van der Waals surface area contributed by atoms with Gasteiger partial charge >= 0.3 is 0 Å². The molecule has 0 radical (unpaired) electrons. The molecule has 0 fully saturated rings. The third-order valence-corrected chi connectivity index (χ3v) is 5.35. The minimum atomic E-state index is -0.256. The first kappa shape index (κ1) is 23.1. The minimum Gasteiger partial charge on any atom is -0.205 e. The predicted molar refractivity (Wildman–Crippen MR) is 135 cm³/mol. The molecule has 1 aliphatic carbocycles. The van der Waals surface area contributed by atoms with E-state index in [0.717, 1.165) is 48.0 Å². The quantitative estimate of drug-likeness (QED) is 0.348. The van der Waals surface area contributed by atoms with Crippen LogP contribution in [0, 0.1) is 36.4 Å². The Balaban J connectivity index is 1.93. The summed E-state index contributed by atoms with van der Waals surface area (Å²) in [6.07, 6.45) is 14.5. The lowest BCUT2D eigenvalue weighted by Crippen LogP contribution is -2.01. The molecule has 0 N–H and O–H groups in total. The number of rotatable bonds is 4. The SMILES string of the molecule is C=CC=C(C)C=CCC#Cc1ccc(C#Cc2ccc(C)cc2)c(C2=CCCCC2)c1F. The normalized spacial score (nSPS) is 13.6. The van der Waals surface area contributed by atoms with Crippen LogP contribution in [0.4, 0.5) is 4.39 Å². The van der Waals surface area contributed by atoms with Gasteiger partial charge in [0.15, 0.2) is 0 Å². The summed E-state index contributed by atoms with van der Waals surface area (Å²) in [5, 5.41) is 0. The van der Waals surface area contributed by atoms with Crippen molar-refractivity contribution in [3.63, 3.8) is 0 Å². The molecule has 160 valence electrons. The molecule has 1 aliphatic rings. The molecule has 1 heteroatoms. The van der Waals surface area contributed by atoms with Gasteiger partial charge in [-0.2, -0.15) is 0 Å². The maximum absolute atomic E-state index is 15.6. The van der Waals surface area contributed by atoms with Crippen LogP contribution in [0.1, 0.15) is 66.8 Å². The zero-order chi connectivity index (χ0) is 22.8. The summed E-state index contributed by atoms with van der Waals surface area (Å²) in [6.45, 7) is 7.74. The summed E-state index contributed by atoms with van der Waals surface area (Å²) in [7, 11) is 0. The minimum absolute atomic E-state index is 0.256. The average molecular weight is 421 g/mol. The van der Waals surface area contributed by atoms with Gasteiger partial charge in [0, 0.05) is 23.1 Å². The van der Waals surface area contributed by atoms with Crippen LogP contribution in [0.5, 0.6) is 0 Å². The van der Waals surface area contributed by atoms with Gasteiger partial charge in [0.25, 0.3) is 0 Å². The molecule has 0 nitrogen and oxygen atoms in total. The molecule has 0 heterocycles. The summed E-state index contributed by atoms with van der Waals surface area (Å²) in [5.74, 6) is 12.2. The molecule has 0 amide bonds. The molecule has 0 aliphatic heterocycles. The highest BCUT2D eigenvalue weighted by molar-refractivity contribution is 5.74. The zero-order valence-corrected chi connectivity index (χ0v) is 19.0. The Morgan fingerprint density at radius 3 is 2.53 bits per heavy atom. The first-order valence-corrected chi connectivity index (χ1v) is 11.1. The van der Waals surface area contributed by atoms with Crippen molar-refractivity contribution in [2.75, 3.05) is 0 Å². The van der Waals surface area contributed by atoms with E-state index in [9.17, 15) is 0 Å². The molecule has 0 aromatic heterocycles. The van der Waals surface area contributed by atoms with Crippen LogP contribution in [-0.2, 0) is 0 Å². The lowest BCUT2D eigenvalue weighted by Gasteiger charge is -2.16. The van der Waals surface area contributed by atoms with E-state index in [1.165, 1.54) is 5.56 Å². The summed E-state index contributed by atoms with van der Waals surface area (Å²) >= 11 is 0. The van der Waals surface area contributed by atoms with Crippen LogP contribution in [0.25, 0.3) is 5.57 Å². The second-order valence-electron chi connectivity index (χ2n) is 8.00. The van der Waals surface area contributed by atoms with Gasteiger partial charge < -0.3 is 0 Å². The van der Waals surface area contributed by atoms with E-state index in [0.29, 0.717) is 17.5 Å². The van der Waals surface area contributed by atoms with Gasteiger partial charge in [-0.25, -0.2) is 4.39 Å². The van der Waals surface area contributed by atoms with E-state index in [4.69, 9.17) is 0 Å². The number of allylic oxidation sites excluding steroid dienone is 7. The molecule has 0 saturated carbocycles. The van der Waals surface area contributed by atoms with E-state index < -0.39 is 0 Å². The van der Waals surface area contributed by atoms with E-state index in [1.54, 1.807) is 12.1 Å². The molecule has 0 atom stereocenters. The van der Waals surface area contributed by atoms with Crippen molar-refractivity contribution in [2.45, 2.75) is 46.0 Å². The third-order valence-electron chi connectivity index (χ3n) is 5.35. The standard InChI is InChI=1S/C31H29F/c1-4-11-24(2)12-7-5-10-15-29-23-22-28(21-20-26-18-16-25(3)17-19-26)30(31(29)32)27-13-8-6-9-14-27/h4,7,11-13,16-19,22-23H,1,5-6,8-9,14H2,2-3H3. The van der Waals surface area contributed by atoms with E-state index in [-0.39, 0.29) is 5.82 Å². The Morgan fingerprint density at radius 1 is 1.03 bits per heavy atom. The summed E-state index contributed by atoms with van der Waals surface area (Å²) in [5.41, 5.74) is 6.06. The number of hydrogen-bond donors (Lipinski definition) is 0. The number of benzene rings is 2. The molecular weight excluding hydrogens is 391 g/mol. The maximum Gasteiger partial charge on any atom is 0.147 e. The smallest absolute Gasteiger partial charge is 0.147 e. The van der Waals surface area contributed by atoms with Gasteiger partial charge in [-0.15, -0.1) is 0 Å². The lowest BCUT2D eigenvalue weighted by molar-refractivity contribution is 0.616. The monoisotopic (exact) mass is 420 g/mol. The molecule has 2 aromatic rings. The van der Waals surface area contributed by atoms with Gasteiger partial charge in [0.2, 0.25) is 0 Å². The number of hydrogen-bond acceptors (Lipinski definition) is 0. The van der Waals surface area contributed by atoms with Crippen LogP contribution in [0.15, 0.2) is 78.9 Å². The van der Waals surface area contributed by atoms with Crippen LogP contribution >= 0.6 is 0 Å². The highest BCUT2D eigenvalue weighted by Gasteiger charge is 2.17. The third kappa shape index (κ3) is 6.47. The van der Waals surface area contributed by atoms with E-state index in [2.05, 4.69) is 43.3 Å². The lowest BCUT2D eigenvalue weighted by atomic mass is 9.89. The van der Waals surface area contributed by atoms with Gasteiger partial charge in [-0.3, -0.25) is 0 Å². The largest absolute Gasteiger partial charge is 0.205 e. The fourth-order valence-electron chi connectivity index (χ4n) is 3.62. The zero-order valence-electron chi connectivity index (χ0n) is 19.0. The Bertz CT molecular complexity index is 1180. The van der Waals surface area contributed by atoms with Crippen molar-refractivity contribution < 1.29 is 4.39 Å². The second kappa shape index (κ2) is 11.7. The van der Waals surface area contributed by atoms with Gasteiger partial charge in [0.1, 0.15) is 5.82 Å². The first-order valence-electron chi connectivity index (χ1n) is 11.1. The van der Waals surface area contributed by atoms with E-state index >= 15 is 4.39 Å². The fourth-order valence-corrected chi connectivity index (χ4v) is 3.62. The van der Waals surface area contributed by atoms with Crippen LogP contribution < -0.4 is 0 Å². The Hall–Kier alpha value is -3.55. The number of halogens is 1. The summed E-state index contributed by atoms with van der Waals surface area (Å²) in [4.78, 5) is 0. The molecule has 0 spiro atoms. The molecule has 0 bridgehead atoms. The summed E-state index contributed by atoms with van der Waals surface area (Å²) in [6, 6.07) is 11.7. The highest BCUT2D eigenvalue weighted by atomic mass is 19.1. The second-order valence-corrected chi connectivity index (χ2v) is 8.00. The highest BCUT2D eigenvalue weighted by Crippen LogP contribution is 2.32. The Labute approximate surface area is 192 Å². The maximum atomic E-state index is 15.6. The van der Waals surface area contributed by atoms with Crippen LogP contribution in [-0.4, -0.2) is 0 Å². The van der Waals surface area contributed by atoms with Gasteiger partial charge in [0.05, 0.1) is 5.56 Å². The Morgan fingerprint density at radius 2 is 1.81 bits per heavy atom. The molecule has 32 heavy (non-hydrogen) atoms. The van der Waals surface area contributed by atoms with Crippen molar-refractivity contribution in [1.29, 1.82) is 0 Å². The van der Waals surface area contributed by atoms with Crippen molar-refractivity contribution in [3.8, 4) is 23.7 Å². The fraction of sp³-hybridized carbons (Fsp3) is 0.226. The van der Waals surface area contributed by atoms with Crippen molar-refractivity contribution in [1.82, 2.24) is 0 Å². The topological polar surface area (TPSA) is 0 Å². The van der Waals surface area contributed by atoms with Gasteiger partial charge in [-0.05, 0) is 69.4 Å². The van der Waals surface area contributed by atoms with Gasteiger partial charge in [-0.1, -0.05) is 83.9 Å². The molecule has 3 rings (SSSR count). The molecule has 2 aromatic carbocycles. The number of aryl methyl sites for hydroxylation is 1. The van der Waals surface area contributed by atoms with Crippen molar-refractivity contribution >= 4 is 5.57 Å². The van der Waals surface area contributed by atoms with Crippen molar-refractivity contribution in [2.24, 2.45) is 0 Å².